The Morgan fingerprint density at radius 1 is 1.13 bits per heavy atom. The van der Waals surface area contributed by atoms with Crippen LogP contribution in [-0.4, -0.2) is 51.0 Å². The third kappa shape index (κ3) is 2.75. The highest BCUT2D eigenvalue weighted by molar-refractivity contribution is 5.81. The van der Waals surface area contributed by atoms with E-state index in [-0.39, 0.29) is 16.7 Å². The minimum absolute atomic E-state index is 0.00876. The fourth-order valence-corrected chi connectivity index (χ4v) is 2.41. The van der Waals surface area contributed by atoms with Crippen molar-refractivity contribution >= 4 is 11.0 Å². The van der Waals surface area contributed by atoms with Crippen LogP contribution in [-0.2, 0) is 4.74 Å². The predicted molar refractivity (Wildman–Crippen MR) is 76.1 cm³/mol. The lowest BCUT2D eigenvalue weighted by atomic mass is 10.00. The van der Waals surface area contributed by atoms with E-state index in [1.807, 2.05) is 4.98 Å². The van der Waals surface area contributed by atoms with E-state index in [0.29, 0.717) is 0 Å². The predicted octanol–water partition coefficient (Wildman–Crippen LogP) is -1.31. The molecule has 0 bridgehead atoms. The number of fused-ring (bicyclic) bond motifs is 1. The maximum absolute atomic E-state index is 11.7. The number of rotatable bonds is 2. The van der Waals surface area contributed by atoms with Gasteiger partial charge in [-0.1, -0.05) is 6.07 Å². The fraction of sp³-hybridized carbons (Fsp3) is 0.429. The van der Waals surface area contributed by atoms with Gasteiger partial charge in [-0.2, -0.15) is 0 Å². The molecule has 124 valence electrons. The molecule has 0 radical (unpaired) electrons. The maximum atomic E-state index is 11.7. The standard InChI is InChI=1S/C14H15NO8/c1-5-8(16)9(17)10(18)13(21-5)22-7-4-2-3-6-11(7)23-14(20)15-12(6)19/h2-5,8-10,13,16-18H,1H3,(H,15,19,20). The van der Waals surface area contributed by atoms with Gasteiger partial charge in [0.25, 0.3) is 5.56 Å². The first-order valence-electron chi connectivity index (χ1n) is 6.91. The van der Waals surface area contributed by atoms with E-state index >= 15 is 0 Å². The lowest BCUT2D eigenvalue weighted by Gasteiger charge is -2.38. The lowest BCUT2D eigenvalue weighted by Crippen LogP contribution is -2.58. The van der Waals surface area contributed by atoms with E-state index in [9.17, 15) is 24.9 Å². The Labute approximate surface area is 128 Å². The smallest absolute Gasteiger partial charge is 0.419 e. The molecule has 4 N–H and O–H groups in total. The molecule has 3 rings (SSSR count). The number of para-hydroxylation sites is 1. The van der Waals surface area contributed by atoms with Gasteiger partial charge in [-0.25, -0.2) is 4.79 Å². The molecule has 23 heavy (non-hydrogen) atoms. The van der Waals surface area contributed by atoms with Gasteiger partial charge < -0.3 is 29.2 Å². The molecular weight excluding hydrogens is 310 g/mol. The zero-order valence-electron chi connectivity index (χ0n) is 12.0. The average molecular weight is 325 g/mol. The molecule has 1 aromatic carbocycles. The first kappa shape index (κ1) is 15.7. The molecule has 2 heterocycles. The second kappa shape index (κ2) is 5.78. The summed E-state index contributed by atoms with van der Waals surface area (Å²) >= 11 is 0. The van der Waals surface area contributed by atoms with Crippen molar-refractivity contribution in [3.63, 3.8) is 0 Å². The van der Waals surface area contributed by atoms with Crippen molar-refractivity contribution in [3.05, 3.63) is 39.1 Å². The van der Waals surface area contributed by atoms with E-state index in [2.05, 4.69) is 0 Å². The molecule has 1 aliphatic heterocycles. The van der Waals surface area contributed by atoms with Crippen LogP contribution < -0.4 is 16.1 Å². The molecule has 0 saturated carbocycles. The molecule has 0 aliphatic carbocycles. The second-order valence-corrected chi connectivity index (χ2v) is 5.28. The monoisotopic (exact) mass is 325 g/mol. The Balaban J connectivity index is 1.99. The summed E-state index contributed by atoms with van der Waals surface area (Å²) in [5.41, 5.74) is -0.749. The van der Waals surface area contributed by atoms with Gasteiger partial charge in [-0.15, -0.1) is 0 Å². The van der Waals surface area contributed by atoms with Crippen molar-refractivity contribution < 1.29 is 29.2 Å². The number of aliphatic hydroxyl groups is 3. The second-order valence-electron chi connectivity index (χ2n) is 5.28. The van der Waals surface area contributed by atoms with Gasteiger partial charge in [0.15, 0.2) is 11.3 Å². The highest BCUT2D eigenvalue weighted by Gasteiger charge is 2.43. The van der Waals surface area contributed by atoms with Gasteiger partial charge in [-0.05, 0) is 19.1 Å². The molecule has 5 atom stereocenters. The Morgan fingerprint density at radius 3 is 2.61 bits per heavy atom. The molecule has 5 unspecified atom stereocenters. The maximum Gasteiger partial charge on any atom is 0.419 e. The topological polar surface area (TPSA) is 142 Å². The number of aromatic nitrogens is 1. The van der Waals surface area contributed by atoms with Crippen LogP contribution in [0.3, 0.4) is 0 Å². The summed E-state index contributed by atoms with van der Waals surface area (Å²) in [4.78, 5) is 25.0. The average Bonchev–Trinajstić information content (AvgIpc) is 2.51. The summed E-state index contributed by atoms with van der Waals surface area (Å²) in [5.74, 6) is -0.960. The van der Waals surface area contributed by atoms with Gasteiger partial charge in [0, 0.05) is 0 Å². The summed E-state index contributed by atoms with van der Waals surface area (Å²) in [6, 6.07) is 4.35. The summed E-state index contributed by atoms with van der Waals surface area (Å²) in [7, 11) is 0. The minimum Gasteiger partial charge on any atom is -0.458 e. The van der Waals surface area contributed by atoms with E-state index in [1.165, 1.54) is 25.1 Å². The number of benzene rings is 1. The molecule has 1 aromatic heterocycles. The normalized spacial score (nSPS) is 31.2. The van der Waals surface area contributed by atoms with Crippen molar-refractivity contribution in [2.45, 2.75) is 37.6 Å². The zero-order chi connectivity index (χ0) is 16.7. The minimum atomic E-state index is -1.52. The molecular formula is C14H15NO8. The summed E-state index contributed by atoms with van der Waals surface area (Å²) in [6.07, 6.45) is -6.35. The Bertz CT molecular complexity index is 827. The zero-order valence-corrected chi connectivity index (χ0v) is 12.0. The first-order valence-corrected chi connectivity index (χ1v) is 6.91. The van der Waals surface area contributed by atoms with Crippen LogP contribution >= 0.6 is 0 Å². The van der Waals surface area contributed by atoms with Crippen LogP contribution in [0.4, 0.5) is 0 Å². The van der Waals surface area contributed by atoms with Gasteiger partial charge in [0.1, 0.15) is 18.3 Å². The SMILES string of the molecule is CC1OC(Oc2cccc3c(=O)[nH]c(=O)oc23)C(O)C(O)C1O. The number of aliphatic hydroxyl groups excluding tert-OH is 3. The van der Waals surface area contributed by atoms with E-state index in [1.54, 1.807) is 0 Å². The number of ether oxygens (including phenoxy) is 2. The molecule has 1 fully saturated rings. The van der Waals surface area contributed by atoms with E-state index in [0.717, 1.165) is 0 Å². The first-order chi connectivity index (χ1) is 10.9. The van der Waals surface area contributed by atoms with Crippen LogP contribution in [0.25, 0.3) is 11.0 Å². The molecule has 9 nitrogen and oxygen atoms in total. The third-order valence-electron chi connectivity index (χ3n) is 3.69. The van der Waals surface area contributed by atoms with E-state index in [4.69, 9.17) is 13.9 Å². The molecule has 1 saturated heterocycles. The molecule has 1 aliphatic rings. The van der Waals surface area contributed by atoms with Crippen LogP contribution in [0.1, 0.15) is 6.92 Å². The molecule has 0 spiro atoms. The summed E-state index contributed by atoms with van der Waals surface area (Å²) in [5, 5.41) is 29.5. The van der Waals surface area contributed by atoms with Crippen LogP contribution in [0, 0.1) is 0 Å². The van der Waals surface area contributed by atoms with Crippen LogP contribution in [0.2, 0.25) is 0 Å². The molecule has 0 amide bonds. The van der Waals surface area contributed by atoms with Crippen LogP contribution in [0.15, 0.2) is 32.2 Å². The fourth-order valence-electron chi connectivity index (χ4n) is 2.41. The van der Waals surface area contributed by atoms with Gasteiger partial charge in [0.05, 0.1) is 11.5 Å². The van der Waals surface area contributed by atoms with Crippen molar-refractivity contribution in [1.82, 2.24) is 4.98 Å². The Hall–Kier alpha value is -2.20. The highest BCUT2D eigenvalue weighted by Crippen LogP contribution is 2.27. The van der Waals surface area contributed by atoms with E-state index < -0.39 is 42.0 Å². The number of H-pyrrole nitrogens is 1. The number of hydrogen-bond acceptors (Lipinski definition) is 8. The number of hydrogen-bond donors (Lipinski definition) is 4. The number of aromatic amines is 1. The summed E-state index contributed by atoms with van der Waals surface area (Å²) in [6.45, 7) is 1.50. The molecule has 9 heteroatoms. The quantitative estimate of drug-likeness (QED) is 0.533. The summed E-state index contributed by atoms with van der Waals surface area (Å²) < 4.78 is 15.7. The van der Waals surface area contributed by atoms with Gasteiger partial charge >= 0.3 is 5.76 Å². The van der Waals surface area contributed by atoms with Crippen molar-refractivity contribution in [3.8, 4) is 5.75 Å². The Kier molecular flexibility index (Phi) is 3.94. The largest absolute Gasteiger partial charge is 0.458 e. The van der Waals surface area contributed by atoms with Crippen molar-refractivity contribution in [2.75, 3.05) is 0 Å². The highest BCUT2D eigenvalue weighted by atomic mass is 16.7. The third-order valence-corrected chi connectivity index (χ3v) is 3.69. The lowest BCUT2D eigenvalue weighted by molar-refractivity contribution is -0.268. The van der Waals surface area contributed by atoms with Gasteiger partial charge in [-0.3, -0.25) is 9.78 Å². The number of nitrogens with one attached hydrogen (secondary N) is 1. The molecule has 2 aromatic rings. The Morgan fingerprint density at radius 2 is 1.87 bits per heavy atom. The van der Waals surface area contributed by atoms with Crippen molar-refractivity contribution in [1.29, 1.82) is 0 Å². The van der Waals surface area contributed by atoms with Gasteiger partial charge in [0.2, 0.25) is 6.29 Å². The van der Waals surface area contributed by atoms with Crippen LogP contribution in [0.5, 0.6) is 5.75 Å². The van der Waals surface area contributed by atoms with Crippen molar-refractivity contribution in [2.24, 2.45) is 0 Å².